The fraction of sp³-hybridized carbons (Fsp3) is 0.167. The zero-order valence-electron chi connectivity index (χ0n) is 13.0. The van der Waals surface area contributed by atoms with E-state index in [4.69, 9.17) is 9.47 Å². The molecule has 0 radical (unpaired) electrons. The Morgan fingerprint density at radius 1 is 0.957 bits per heavy atom. The van der Waals surface area contributed by atoms with Crippen LogP contribution < -0.4 is 9.47 Å². The predicted molar refractivity (Wildman–Crippen MR) is 110 cm³/mol. The molecular formula is C18H16I2O3. The predicted octanol–water partition coefficient (Wildman–Crippen LogP) is 5.29. The quantitative estimate of drug-likeness (QED) is 0.298. The van der Waals surface area contributed by atoms with Gasteiger partial charge in [-0.05, 0) is 87.5 Å². The zero-order valence-corrected chi connectivity index (χ0v) is 17.3. The summed E-state index contributed by atoms with van der Waals surface area (Å²) in [7, 11) is 3.24. The lowest BCUT2D eigenvalue weighted by atomic mass is 10.1. The van der Waals surface area contributed by atoms with Crippen LogP contribution in [0.5, 0.6) is 11.5 Å². The van der Waals surface area contributed by atoms with Crippen LogP contribution in [0.2, 0.25) is 0 Å². The van der Waals surface area contributed by atoms with Crippen LogP contribution in [0.4, 0.5) is 0 Å². The number of benzene rings is 2. The molecule has 23 heavy (non-hydrogen) atoms. The lowest BCUT2D eigenvalue weighted by Gasteiger charge is -2.08. The van der Waals surface area contributed by atoms with E-state index >= 15 is 0 Å². The third-order valence-corrected chi connectivity index (χ3v) is 4.90. The summed E-state index contributed by atoms with van der Waals surface area (Å²) >= 11 is 4.53. The number of ketones is 1. The highest BCUT2D eigenvalue weighted by Crippen LogP contribution is 2.29. The van der Waals surface area contributed by atoms with Crippen molar-refractivity contribution in [3.05, 3.63) is 54.2 Å². The molecule has 0 saturated heterocycles. The Kier molecular flexibility index (Phi) is 6.46. The third-order valence-electron chi connectivity index (χ3n) is 3.30. The highest BCUT2D eigenvalue weighted by Gasteiger charge is 2.08. The highest BCUT2D eigenvalue weighted by atomic mass is 127. The lowest BCUT2D eigenvalue weighted by molar-refractivity contribution is 0.101. The number of Topliss-reactive ketones (excluding diaryl/α,β-unsaturated/α-hetero) is 1. The Labute approximate surface area is 163 Å². The van der Waals surface area contributed by atoms with Gasteiger partial charge >= 0.3 is 0 Å². The molecule has 0 atom stereocenters. The molecule has 0 saturated carbocycles. The van der Waals surface area contributed by atoms with E-state index in [2.05, 4.69) is 57.3 Å². The number of hydrogen-bond acceptors (Lipinski definition) is 3. The van der Waals surface area contributed by atoms with Gasteiger partial charge in [0.2, 0.25) is 0 Å². The van der Waals surface area contributed by atoms with E-state index in [0.717, 1.165) is 24.0 Å². The van der Waals surface area contributed by atoms with Gasteiger partial charge < -0.3 is 9.47 Å². The van der Waals surface area contributed by atoms with E-state index in [1.54, 1.807) is 21.1 Å². The number of methoxy groups -OCH3 is 2. The lowest BCUT2D eigenvalue weighted by Crippen LogP contribution is -1.97. The largest absolute Gasteiger partial charge is 0.496 e. The smallest absolute Gasteiger partial charge is 0.163 e. The summed E-state index contributed by atoms with van der Waals surface area (Å²) in [4.78, 5) is 11.7. The summed E-state index contributed by atoms with van der Waals surface area (Å²) in [5, 5.41) is 0. The third kappa shape index (κ3) is 4.47. The molecule has 0 heterocycles. The van der Waals surface area contributed by atoms with Crippen molar-refractivity contribution in [3.8, 4) is 11.5 Å². The van der Waals surface area contributed by atoms with E-state index in [1.165, 1.54) is 0 Å². The van der Waals surface area contributed by atoms with Crippen LogP contribution in [0.1, 0.15) is 28.4 Å². The molecule has 2 aromatic carbocycles. The molecule has 2 rings (SSSR count). The molecule has 0 N–H and O–H groups in total. The average Bonchev–Trinajstić information content (AvgIpc) is 2.52. The molecule has 0 amide bonds. The van der Waals surface area contributed by atoms with Crippen LogP contribution in [0.25, 0.3) is 12.2 Å². The van der Waals surface area contributed by atoms with Crippen molar-refractivity contribution in [1.82, 2.24) is 0 Å². The van der Waals surface area contributed by atoms with E-state index in [9.17, 15) is 4.79 Å². The zero-order chi connectivity index (χ0) is 17.0. The topological polar surface area (TPSA) is 35.5 Å². The standard InChI is InChI=1S/C18H16I2O3/c1-11(21)14-8-12(6-7-17(14)22-2)4-5-13-9-15(19)18(23-3)16(20)10-13/h4-10H,1-3H3. The Morgan fingerprint density at radius 2 is 1.57 bits per heavy atom. The van der Waals surface area contributed by atoms with Crippen molar-refractivity contribution in [3.63, 3.8) is 0 Å². The van der Waals surface area contributed by atoms with Crippen LogP contribution >= 0.6 is 45.2 Å². The van der Waals surface area contributed by atoms with E-state index in [-0.39, 0.29) is 5.78 Å². The minimum absolute atomic E-state index is 0.00866. The van der Waals surface area contributed by atoms with Gasteiger partial charge in [0, 0.05) is 0 Å². The number of carbonyl (C=O) groups is 1. The number of hydrogen-bond donors (Lipinski definition) is 0. The van der Waals surface area contributed by atoms with Gasteiger partial charge in [0.15, 0.2) is 5.78 Å². The van der Waals surface area contributed by atoms with E-state index in [1.807, 2.05) is 30.4 Å². The van der Waals surface area contributed by atoms with Gasteiger partial charge in [-0.2, -0.15) is 0 Å². The number of carbonyl (C=O) groups excluding carboxylic acids is 1. The van der Waals surface area contributed by atoms with Crippen LogP contribution in [0.15, 0.2) is 30.3 Å². The maximum Gasteiger partial charge on any atom is 0.163 e. The molecule has 2 aromatic rings. The molecule has 0 aromatic heterocycles. The first-order valence-electron chi connectivity index (χ1n) is 6.86. The fourth-order valence-corrected chi connectivity index (χ4v) is 4.42. The number of ether oxygens (including phenoxy) is 2. The molecule has 0 aliphatic heterocycles. The summed E-state index contributed by atoms with van der Waals surface area (Å²) < 4.78 is 12.7. The maximum atomic E-state index is 11.7. The fourth-order valence-electron chi connectivity index (χ4n) is 2.17. The summed E-state index contributed by atoms with van der Waals surface area (Å²) in [6.07, 6.45) is 4.01. The monoisotopic (exact) mass is 534 g/mol. The van der Waals surface area contributed by atoms with Gasteiger partial charge in [0.1, 0.15) is 11.5 Å². The Bertz CT molecular complexity index is 744. The maximum absolute atomic E-state index is 11.7. The molecule has 3 nitrogen and oxygen atoms in total. The highest BCUT2D eigenvalue weighted by molar-refractivity contribution is 14.1. The van der Waals surface area contributed by atoms with E-state index < -0.39 is 0 Å². The van der Waals surface area contributed by atoms with Crippen molar-refractivity contribution in [2.24, 2.45) is 0 Å². The molecule has 0 aliphatic rings. The second-order valence-electron chi connectivity index (χ2n) is 4.87. The Morgan fingerprint density at radius 3 is 2.09 bits per heavy atom. The second-order valence-corrected chi connectivity index (χ2v) is 7.19. The van der Waals surface area contributed by atoms with Crippen LogP contribution in [-0.2, 0) is 0 Å². The van der Waals surface area contributed by atoms with Crippen molar-refractivity contribution in [2.45, 2.75) is 6.92 Å². The number of rotatable bonds is 5. The van der Waals surface area contributed by atoms with Crippen LogP contribution in [0, 0.1) is 7.14 Å². The molecule has 0 spiro atoms. The molecule has 120 valence electrons. The number of halogens is 2. The molecule has 5 heteroatoms. The van der Waals surface area contributed by atoms with Crippen molar-refractivity contribution in [2.75, 3.05) is 14.2 Å². The van der Waals surface area contributed by atoms with Crippen molar-refractivity contribution < 1.29 is 14.3 Å². The van der Waals surface area contributed by atoms with Gasteiger partial charge in [-0.15, -0.1) is 0 Å². The first-order valence-corrected chi connectivity index (χ1v) is 9.02. The van der Waals surface area contributed by atoms with Gasteiger partial charge in [0.05, 0.1) is 26.9 Å². The van der Waals surface area contributed by atoms with Gasteiger partial charge in [-0.1, -0.05) is 18.2 Å². The molecule has 0 aliphatic carbocycles. The average molecular weight is 534 g/mol. The SMILES string of the molecule is COc1ccc(C=Cc2cc(I)c(OC)c(I)c2)cc1C(C)=O. The summed E-state index contributed by atoms with van der Waals surface area (Å²) in [6.45, 7) is 1.54. The normalized spacial score (nSPS) is 10.8. The molecule has 0 unspecified atom stereocenters. The van der Waals surface area contributed by atoms with E-state index in [0.29, 0.717) is 11.3 Å². The summed E-state index contributed by atoms with van der Waals surface area (Å²) in [6, 6.07) is 9.72. The van der Waals surface area contributed by atoms with Crippen LogP contribution in [-0.4, -0.2) is 20.0 Å². The summed E-state index contributed by atoms with van der Waals surface area (Å²) in [5.74, 6) is 1.49. The molecule has 0 bridgehead atoms. The molecular weight excluding hydrogens is 518 g/mol. The van der Waals surface area contributed by atoms with Gasteiger partial charge in [-0.3, -0.25) is 4.79 Å². The van der Waals surface area contributed by atoms with Gasteiger partial charge in [0.25, 0.3) is 0 Å². The Hall–Kier alpha value is -1.09. The van der Waals surface area contributed by atoms with Crippen molar-refractivity contribution in [1.29, 1.82) is 0 Å². The van der Waals surface area contributed by atoms with Crippen LogP contribution in [0.3, 0.4) is 0 Å². The Balaban J connectivity index is 2.34. The van der Waals surface area contributed by atoms with Crippen molar-refractivity contribution >= 4 is 63.1 Å². The van der Waals surface area contributed by atoms with Gasteiger partial charge in [-0.25, -0.2) is 0 Å². The first-order chi connectivity index (χ1) is 11.0. The minimum atomic E-state index is -0.00866. The summed E-state index contributed by atoms with van der Waals surface area (Å²) in [5.41, 5.74) is 2.63. The minimum Gasteiger partial charge on any atom is -0.496 e. The second kappa shape index (κ2) is 8.14. The first kappa shape index (κ1) is 18.3. The molecule has 0 fully saturated rings.